The van der Waals surface area contributed by atoms with E-state index in [1.807, 2.05) is 6.92 Å². The predicted octanol–water partition coefficient (Wildman–Crippen LogP) is 1.86. The molecule has 8 heteroatoms. The Hall–Kier alpha value is -0.790. The van der Waals surface area contributed by atoms with Gasteiger partial charge in [-0.3, -0.25) is 4.79 Å². The molecule has 1 fully saturated rings. The maximum absolute atomic E-state index is 12.6. The van der Waals surface area contributed by atoms with E-state index in [4.69, 9.17) is 11.6 Å². The molecular formula is C13H17ClN2O3S2. The number of aromatic nitrogens is 1. The van der Waals surface area contributed by atoms with Crippen LogP contribution in [-0.2, 0) is 16.3 Å². The summed E-state index contributed by atoms with van der Waals surface area (Å²) < 4.78 is 23.8. The Balaban J connectivity index is 2.35. The Kier molecular flexibility index (Phi) is 5.16. The van der Waals surface area contributed by atoms with Crippen molar-refractivity contribution in [3.05, 3.63) is 28.5 Å². The van der Waals surface area contributed by atoms with Crippen LogP contribution in [-0.4, -0.2) is 53.9 Å². The van der Waals surface area contributed by atoms with Crippen molar-refractivity contribution in [1.82, 2.24) is 9.88 Å². The van der Waals surface area contributed by atoms with Crippen molar-refractivity contribution in [2.75, 3.05) is 24.3 Å². The number of carbonyl (C=O) groups is 1. The van der Waals surface area contributed by atoms with Gasteiger partial charge in [-0.2, -0.15) is 11.8 Å². The number of sulfone groups is 1. The topological polar surface area (TPSA) is 67.3 Å². The molecule has 0 N–H and O–H groups in total. The van der Waals surface area contributed by atoms with E-state index in [1.165, 1.54) is 17.2 Å². The normalized spacial score (nSPS) is 19.6. The van der Waals surface area contributed by atoms with Gasteiger partial charge in [0.15, 0.2) is 9.84 Å². The van der Waals surface area contributed by atoms with Crippen molar-refractivity contribution in [3.8, 4) is 0 Å². The summed E-state index contributed by atoms with van der Waals surface area (Å²) >= 11 is 7.48. The summed E-state index contributed by atoms with van der Waals surface area (Å²) in [6, 6.07) is 3.17. The van der Waals surface area contributed by atoms with Crippen molar-refractivity contribution < 1.29 is 13.2 Å². The number of thioether (sulfide) groups is 1. The third-order valence-corrected chi connectivity index (χ3v) is 6.13. The van der Waals surface area contributed by atoms with Gasteiger partial charge in [-0.05, 0) is 18.6 Å². The minimum atomic E-state index is -3.32. The SMILES string of the molecule is CCc1cc(C(=O)N2CCSCC2S(C)(=O)=O)cc(Cl)n1. The summed E-state index contributed by atoms with van der Waals surface area (Å²) in [6.45, 7) is 2.34. The van der Waals surface area contributed by atoms with Gasteiger partial charge in [0.1, 0.15) is 10.5 Å². The van der Waals surface area contributed by atoms with E-state index >= 15 is 0 Å². The Morgan fingerprint density at radius 2 is 2.24 bits per heavy atom. The second-order valence-corrected chi connectivity index (χ2v) is 8.62. The summed E-state index contributed by atoms with van der Waals surface area (Å²) in [7, 11) is -3.32. The number of carbonyl (C=O) groups excluding carboxylic acids is 1. The molecule has 1 aliphatic rings. The maximum atomic E-state index is 12.6. The van der Waals surface area contributed by atoms with Gasteiger partial charge in [-0.1, -0.05) is 18.5 Å². The third-order valence-electron chi connectivity index (χ3n) is 3.30. The molecule has 116 valence electrons. The number of aryl methyl sites for hydroxylation is 1. The van der Waals surface area contributed by atoms with E-state index in [2.05, 4.69) is 4.98 Å². The molecule has 2 rings (SSSR count). The molecule has 1 aliphatic heterocycles. The van der Waals surface area contributed by atoms with Crippen LogP contribution < -0.4 is 0 Å². The molecule has 0 spiro atoms. The molecule has 1 amide bonds. The fourth-order valence-electron chi connectivity index (χ4n) is 2.19. The lowest BCUT2D eigenvalue weighted by molar-refractivity contribution is 0.0749. The molecule has 0 aromatic carbocycles. The Morgan fingerprint density at radius 1 is 1.52 bits per heavy atom. The average molecular weight is 349 g/mol. The van der Waals surface area contributed by atoms with Gasteiger partial charge in [0, 0.05) is 35.6 Å². The summed E-state index contributed by atoms with van der Waals surface area (Å²) in [5.41, 5.74) is 1.11. The highest BCUT2D eigenvalue weighted by atomic mass is 35.5. The van der Waals surface area contributed by atoms with E-state index in [0.29, 0.717) is 30.0 Å². The molecule has 21 heavy (non-hydrogen) atoms. The van der Waals surface area contributed by atoms with Crippen LogP contribution in [0.5, 0.6) is 0 Å². The number of rotatable bonds is 3. The van der Waals surface area contributed by atoms with Crippen molar-refractivity contribution in [1.29, 1.82) is 0 Å². The zero-order chi connectivity index (χ0) is 15.6. The highest BCUT2D eigenvalue weighted by Crippen LogP contribution is 2.23. The molecule has 1 saturated heterocycles. The number of amides is 1. The summed E-state index contributed by atoms with van der Waals surface area (Å²) in [6.07, 6.45) is 1.83. The fourth-order valence-corrected chi connectivity index (χ4v) is 5.23. The number of nitrogens with zero attached hydrogens (tertiary/aromatic N) is 2. The Morgan fingerprint density at radius 3 is 2.86 bits per heavy atom. The molecule has 0 bridgehead atoms. The lowest BCUT2D eigenvalue weighted by Crippen LogP contribution is -2.49. The van der Waals surface area contributed by atoms with Gasteiger partial charge < -0.3 is 4.90 Å². The van der Waals surface area contributed by atoms with E-state index in [-0.39, 0.29) is 11.1 Å². The molecule has 1 aromatic heterocycles. The Labute approximate surface area is 134 Å². The van der Waals surface area contributed by atoms with Gasteiger partial charge in [0.05, 0.1) is 0 Å². The van der Waals surface area contributed by atoms with Gasteiger partial charge in [0.2, 0.25) is 0 Å². The molecule has 0 aliphatic carbocycles. The molecule has 0 radical (unpaired) electrons. The van der Waals surface area contributed by atoms with Crippen molar-refractivity contribution in [2.45, 2.75) is 18.7 Å². The monoisotopic (exact) mass is 348 g/mol. The van der Waals surface area contributed by atoms with Gasteiger partial charge in [0.25, 0.3) is 5.91 Å². The van der Waals surface area contributed by atoms with Gasteiger partial charge in [-0.25, -0.2) is 13.4 Å². The van der Waals surface area contributed by atoms with Crippen molar-refractivity contribution in [2.24, 2.45) is 0 Å². The largest absolute Gasteiger partial charge is 0.320 e. The van der Waals surface area contributed by atoms with Crippen LogP contribution in [0, 0.1) is 0 Å². The van der Waals surface area contributed by atoms with Crippen LogP contribution in [0.2, 0.25) is 5.15 Å². The third kappa shape index (κ3) is 3.90. The minimum absolute atomic E-state index is 0.250. The van der Waals surface area contributed by atoms with Crippen LogP contribution in [0.15, 0.2) is 12.1 Å². The number of pyridine rings is 1. The van der Waals surface area contributed by atoms with Crippen molar-refractivity contribution in [3.63, 3.8) is 0 Å². The second-order valence-electron chi connectivity index (χ2n) is 4.88. The molecule has 0 saturated carbocycles. The van der Waals surface area contributed by atoms with E-state index in [9.17, 15) is 13.2 Å². The van der Waals surface area contributed by atoms with E-state index in [1.54, 1.807) is 17.8 Å². The van der Waals surface area contributed by atoms with Crippen LogP contribution in [0.25, 0.3) is 0 Å². The quantitative estimate of drug-likeness (QED) is 0.780. The lowest BCUT2D eigenvalue weighted by Gasteiger charge is -2.34. The highest BCUT2D eigenvalue weighted by molar-refractivity contribution is 8.00. The zero-order valence-corrected chi connectivity index (χ0v) is 14.3. The van der Waals surface area contributed by atoms with Crippen LogP contribution in [0.3, 0.4) is 0 Å². The van der Waals surface area contributed by atoms with Crippen molar-refractivity contribution >= 4 is 39.1 Å². The zero-order valence-electron chi connectivity index (χ0n) is 11.9. The average Bonchev–Trinajstić information content (AvgIpc) is 2.45. The van der Waals surface area contributed by atoms with Crippen LogP contribution >= 0.6 is 23.4 Å². The molecule has 1 unspecified atom stereocenters. The molecule has 1 aromatic rings. The summed E-state index contributed by atoms with van der Waals surface area (Å²) in [5.74, 6) is 0.839. The predicted molar refractivity (Wildman–Crippen MR) is 85.6 cm³/mol. The first-order chi connectivity index (χ1) is 9.82. The lowest BCUT2D eigenvalue weighted by atomic mass is 10.2. The van der Waals surface area contributed by atoms with Gasteiger partial charge >= 0.3 is 0 Å². The molecule has 5 nitrogen and oxygen atoms in total. The smallest absolute Gasteiger partial charge is 0.255 e. The summed E-state index contributed by atoms with van der Waals surface area (Å²) in [4.78, 5) is 18.2. The molecule has 2 heterocycles. The summed E-state index contributed by atoms with van der Waals surface area (Å²) in [5, 5.41) is -0.527. The molecular weight excluding hydrogens is 332 g/mol. The number of halogens is 1. The number of hydrogen-bond acceptors (Lipinski definition) is 5. The van der Waals surface area contributed by atoms with Gasteiger partial charge in [-0.15, -0.1) is 0 Å². The van der Waals surface area contributed by atoms with E-state index < -0.39 is 15.2 Å². The standard InChI is InChI=1S/C13H17ClN2O3S2/c1-3-10-6-9(7-11(14)15-10)13(17)16-4-5-20-8-12(16)21(2,18)19/h6-7,12H,3-5,8H2,1-2H3. The second kappa shape index (κ2) is 6.54. The first-order valence-electron chi connectivity index (χ1n) is 6.57. The van der Waals surface area contributed by atoms with E-state index in [0.717, 1.165) is 5.75 Å². The fraction of sp³-hybridized carbons (Fsp3) is 0.538. The van der Waals surface area contributed by atoms with Crippen LogP contribution in [0.4, 0.5) is 0 Å². The highest BCUT2D eigenvalue weighted by Gasteiger charge is 2.34. The van der Waals surface area contributed by atoms with Crippen LogP contribution in [0.1, 0.15) is 23.0 Å². The number of hydrogen-bond donors (Lipinski definition) is 0. The minimum Gasteiger partial charge on any atom is -0.320 e. The first-order valence-corrected chi connectivity index (χ1v) is 10.1. The Bertz CT molecular complexity index is 649. The maximum Gasteiger partial charge on any atom is 0.255 e. The molecule has 1 atom stereocenters. The first kappa shape index (κ1) is 16.6.